The Kier molecular flexibility index (Phi) is 2.12. The van der Waals surface area contributed by atoms with Gasteiger partial charge in [-0.15, -0.1) is 11.3 Å². The maximum Gasteiger partial charge on any atom is 0.226 e. The summed E-state index contributed by atoms with van der Waals surface area (Å²) in [5.41, 5.74) is 0.282. The molecule has 0 saturated carbocycles. The Morgan fingerprint density at radius 3 is 3.00 bits per heavy atom. The van der Waals surface area contributed by atoms with Crippen molar-refractivity contribution in [3.8, 4) is 0 Å². The van der Waals surface area contributed by atoms with Crippen molar-refractivity contribution in [2.45, 2.75) is 0 Å². The van der Waals surface area contributed by atoms with Gasteiger partial charge in [0.2, 0.25) is 5.78 Å². The number of thiophene rings is 1. The van der Waals surface area contributed by atoms with E-state index >= 15 is 0 Å². The predicted molar refractivity (Wildman–Crippen MR) is 49.1 cm³/mol. The molecular formula is C7H4ClN3OS. The topological polar surface area (TPSA) is 58.6 Å². The van der Waals surface area contributed by atoms with Crippen LogP contribution in [0.25, 0.3) is 0 Å². The molecule has 66 valence electrons. The van der Waals surface area contributed by atoms with Gasteiger partial charge in [-0.2, -0.15) is 15.4 Å². The lowest BCUT2D eigenvalue weighted by Gasteiger charge is -1.91. The second-order valence-corrected chi connectivity index (χ2v) is 3.61. The number of carbonyl (C=O) groups excluding carboxylic acids is 1. The number of aromatic nitrogens is 3. The molecule has 13 heavy (non-hydrogen) atoms. The molecule has 0 aliphatic heterocycles. The summed E-state index contributed by atoms with van der Waals surface area (Å²) >= 11 is 7.08. The summed E-state index contributed by atoms with van der Waals surface area (Å²) in [6.07, 6.45) is 1.37. The summed E-state index contributed by atoms with van der Waals surface area (Å²) in [6.45, 7) is 0. The van der Waals surface area contributed by atoms with Crippen LogP contribution in [0.2, 0.25) is 5.02 Å². The van der Waals surface area contributed by atoms with Crippen LogP contribution in [0.1, 0.15) is 15.4 Å². The number of nitrogens with zero attached hydrogens (tertiary/aromatic N) is 2. The van der Waals surface area contributed by atoms with Gasteiger partial charge >= 0.3 is 0 Å². The second-order valence-electron chi connectivity index (χ2n) is 2.28. The van der Waals surface area contributed by atoms with Crippen molar-refractivity contribution in [3.05, 3.63) is 33.2 Å². The Bertz CT molecular complexity index is 423. The van der Waals surface area contributed by atoms with Crippen LogP contribution in [0.3, 0.4) is 0 Å². The van der Waals surface area contributed by atoms with E-state index in [1.807, 2.05) is 0 Å². The third kappa shape index (κ3) is 1.48. The SMILES string of the molecule is O=C(c1cn[nH]n1)c1sccc1Cl. The summed E-state index contributed by atoms with van der Waals surface area (Å²) in [4.78, 5) is 12.1. The first-order valence-electron chi connectivity index (χ1n) is 3.42. The van der Waals surface area contributed by atoms with Gasteiger partial charge in [0.1, 0.15) is 0 Å². The molecule has 0 bridgehead atoms. The standard InChI is InChI=1S/C7H4ClN3OS/c8-4-1-2-13-7(4)6(12)5-3-9-11-10-5/h1-3H,(H,9,10,11). The van der Waals surface area contributed by atoms with Crippen molar-refractivity contribution in [1.29, 1.82) is 0 Å². The minimum atomic E-state index is -0.200. The number of carbonyl (C=O) groups is 1. The molecule has 2 aromatic heterocycles. The number of aromatic amines is 1. The smallest absolute Gasteiger partial charge is 0.226 e. The lowest BCUT2D eigenvalue weighted by Crippen LogP contribution is -1.99. The third-order valence-electron chi connectivity index (χ3n) is 1.47. The van der Waals surface area contributed by atoms with Gasteiger partial charge in [0.25, 0.3) is 0 Å². The largest absolute Gasteiger partial charge is 0.286 e. The molecule has 6 heteroatoms. The molecule has 0 unspecified atom stereocenters. The van der Waals surface area contributed by atoms with Crippen molar-refractivity contribution >= 4 is 28.7 Å². The van der Waals surface area contributed by atoms with Gasteiger partial charge in [0.15, 0.2) is 5.69 Å². The fourth-order valence-electron chi connectivity index (χ4n) is 0.883. The number of nitrogens with one attached hydrogen (secondary N) is 1. The number of halogens is 1. The zero-order valence-corrected chi connectivity index (χ0v) is 7.89. The van der Waals surface area contributed by atoms with Crippen molar-refractivity contribution in [2.24, 2.45) is 0 Å². The van der Waals surface area contributed by atoms with Crippen molar-refractivity contribution in [2.75, 3.05) is 0 Å². The van der Waals surface area contributed by atoms with E-state index in [9.17, 15) is 4.79 Å². The highest BCUT2D eigenvalue weighted by Crippen LogP contribution is 2.23. The minimum absolute atomic E-state index is 0.200. The lowest BCUT2D eigenvalue weighted by atomic mass is 10.2. The first kappa shape index (κ1) is 8.40. The van der Waals surface area contributed by atoms with Gasteiger partial charge in [-0.25, -0.2) is 0 Å². The minimum Gasteiger partial charge on any atom is -0.286 e. The second kappa shape index (κ2) is 3.27. The fourth-order valence-corrected chi connectivity index (χ4v) is 1.97. The summed E-state index contributed by atoms with van der Waals surface area (Å²) in [5.74, 6) is -0.200. The van der Waals surface area contributed by atoms with Crippen LogP contribution >= 0.6 is 22.9 Å². The average Bonchev–Trinajstić information content (AvgIpc) is 2.72. The zero-order valence-electron chi connectivity index (χ0n) is 6.32. The summed E-state index contributed by atoms with van der Waals surface area (Å²) in [5, 5.41) is 11.8. The van der Waals surface area contributed by atoms with Crippen LogP contribution in [0.4, 0.5) is 0 Å². The van der Waals surface area contributed by atoms with E-state index in [0.717, 1.165) is 0 Å². The molecule has 0 aliphatic rings. The molecule has 0 atom stereocenters. The van der Waals surface area contributed by atoms with E-state index in [-0.39, 0.29) is 11.5 Å². The van der Waals surface area contributed by atoms with E-state index in [4.69, 9.17) is 11.6 Å². The van der Waals surface area contributed by atoms with Crippen molar-refractivity contribution in [3.63, 3.8) is 0 Å². The fraction of sp³-hybridized carbons (Fsp3) is 0. The first-order valence-corrected chi connectivity index (χ1v) is 4.68. The van der Waals surface area contributed by atoms with Gasteiger partial charge in [-0.05, 0) is 11.4 Å². The molecule has 4 nitrogen and oxygen atoms in total. The summed E-state index contributed by atoms with van der Waals surface area (Å²) in [7, 11) is 0. The van der Waals surface area contributed by atoms with Crippen molar-refractivity contribution in [1.82, 2.24) is 15.4 Å². The highest BCUT2D eigenvalue weighted by Gasteiger charge is 2.16. The van der Waals surface area contributed by atoms with E-state index in [2.05, 4.69) is 15.4 Å². The molecule has 2 rings (SSSR count). The van der Waals surface area contributed by atoms with Gasteiger partial charge < -0.3 is 0 Å². The molecule has 0 fully saturated rings. The van der Waals surface area contributed by atoms with Gasteiger partial charge in [0.05, 0.1) is 16.1 Å². The Morgan fingerprint density at radius 2 is 2.46 bits per heavy atom. The summed E-state index contributed by atoms with van der Waals surface area (Å²) in [6, 6.07) is 1.68. The molecule has 0 aromatic carbocycles. The molecular weight excluding hydrogens is 210 g/mol. The Labute approximate surface area is 82.5 Å². The molecule has 0 spiro atoms. The number of rotatable bonds is 2. The van der Waals surface area contributed by atoms with Crippen LogP contribution in [-0.4, -0.2) is 21.2 Å². The predicted octanol–water partition coefficient (Wildman–Crippen LogP) is 1.75. The molecule has 2 heterocycles. The zero-order chi connectivity index (χ0) is 9.26. The van der Waals surface area contributed by atoms with Crippen LogP contribution in [0.15, 0.2) is 17.6 Å². The monoisotopic (exact) mass is 213 g/mol. The van der Waals surface area contributed by atoms with Crippen LogP contribution in [0, 0.1) is 0 Å². The molecule has 0 radical (unpaired) electrons. The van der Waals surface area contributed by atoms with E-state index in [1.54, 1.807) is 11.4 Å². The summed E-state index contributed by atoms with van der Waals surface area (Å²) < 4.78 is 0. The maximum absolute atomic E-state index is 11.6. The highest BCUT2D eigenvalue weighted by molar-refractivity contribution is 7.13. The Morgan fingerprint density at radius 1 is 1.62 bits per heavy atom. The van der Waals surface area contributed by atoms with E-state index < -0.39 is 0 Å². The molecule has 0 aliphatic carbocycles. The normalized spacial score (nSPS) is 10.2. The first-order chi connectivity index (χ1) is 6.29. The van der Waals surface area contributed by atoms with Crippen LogP contribution in [0.5, 0.6) is 0 Å². The molecule has 2 aromatic rings. The number of H-pyrrole nitrogens is 1. The molecule has 0 amide bonds. The van der Waals surface area contributed by atoms with Crippen molar-refractivity contribution < 1.29 is 4.79 Å². The molecule has 0 saturated heterocycles. The lowest BCUT2D eigenvalue weighted by molar-refractivity contribution is 0.103. The quantitative estimate of drug-likeness (QED) is 0.774. The number of ketones is 1. The Balaban J connectivity index is 2.39. The third-order valence-corrected chi connectivity index (χ3v) is 2.81. The van der Waals surface area contributed by atoms with Gasteiger partial charge in [0, 0.05) is 0 Å². The maximum atomic E-state index is 11.6. The Hall–Kier alpha value is -1.20. The van der Waals surface area contributed by atoms with E-state index in [0.29, 0.717) is 9.90 Å². The molecule has 1 N–H and O–H groups in total. The van der Waals surface area contributed by atoms with E-state index in [1.165, 1.54) is 17.5 Å². The number of hydrogen-bond acceptors (Lipinski definition) is 4. The number of hydrogen-bond donors (Lipinski definition) is 1. The van der Waals surface area contributed by atoms with Crippen LogP contribution in [-0.2, 0) is 0 Å². The van der Waals surface area contributed by atoms with Gasteiger partial charge in [-0.3, -0.25) is 4.79 Å². The van der Waals surface area contributed by atoms with Gasteiger partial charge in [-0.1, -0.05) is 11.6 Å². The average molecular weight is 214 g/mol. The van der Waals surface area contributed by atoms with Crippen LogP contribution < -0.4 is 0 Å². The highest BCUT2D eigenvalue weighted by atomic mass is 35.5.